The van der Waals surface area contributed by atoms with Crippen LogP contribution in [0.2, 0.25) is 0 Å². The number of halogens is 1. The van der Waals surface area contributed by atoms with Gasteiger partial charge in [0.15, 0.2) is 0 Å². The Morgan fingerprint density at radius 2 is 2.07 bits per heavy atom. The fraction of sp³-hybridized carbons (Fsp3) is 0.538. The highest BCUT2D eigenvalue weighted by Gasteiger charge is 2.41. The summed E-state index contributed by atoms with van der Waals surface area (Å²) < 4.78 is 13.5. The zero-order valence-electron chi connectivity index (χ0n) is 9.18. The molecule has 3 rings (SSSR count). The van der Waals surface area contributed by atoms with E-state index in [0.717, 1.165) is 18.7 Å². The van der Waals surface area contributed by atoms with E-state index >= 15 is 0 Å². The van der Waals surface area contributed by atoms with Gasteiger partial charge < -0.3 is 5.32 Å². The minimum atomic E-state index is -0.0477. The van der Waals surface area contributed by atoms with E-state index in [1.165, 1.54) is 11.1 Å². The van der Waals surface area contributed by atoms with E-state index in [1.54, 1.807) is 6.07 Å². The number of rotatable bonds is 0. The molecule has 1 N–H and O–H groups in total. The summed E-state index contributed by atoms with van der Waals surface area (Å²) in [6.07, 6.45) is 0. The lowest BCUT2D eigenvalue weighted by atomic mass is 9.91. The van der Waals surface area contributed by atoms with E-state index in [1.807, 2.05) is 6.92 Å². The topological polar surface area (TPSA) is 12.0 Å². The van der Waals surface area contributed by atoms with Crippen LogP contribution in [0.15, 0.2) is 12.1 Å². The van der Waals surface area contributed by atoms with E-state index in [2.05, 4.69) is 18.3 Å². The third-order valence-electron chi connectivity index (χ3n) is 4.16. The minimum Gasteiger partial charge on any atom is -0.316 e. The highest BCUT2D eigenvalue weighted by atomic mass is 19.1. The molecule has 1 aromatic carbocycles. The largest absolute Gasteiger partial charge is 0.316 e. The first-order chi connectivity index (χ1) is 7.18. The van der Waals surface area contributed by atoms with E-state index in [-0.39, 0.29) is 5.82 Å². The van der Waals surface area contributed by atoms with Gasteiger partial charge in [0.05, 0.1) is 0 Å². The molecule has 1 aliphatic heterocycles. The van der Waals surface area contributed by atoms with Crippen molar-refractivity contribution in [3.63, 3.8) is 0 Å². The van der Waals surface area contributed by atoms with E-state index in [9.17, 15) is 4.39 Å². The van der Waals surface area contributed by atoms with E-state index in [0.29, 0.717) is 17.8 Å². The quantitative estimate of drug-likeness (QED) is 0.686. The molecule has 0 saturated carbocycles. The van der Waals surface area contributed by atoms with E-state index < -0.39 is 0 Å². The summed E-state index contributed by atoms with van der Waals surface area (Å²) in [7, 11) is 0. The highest BCUT2D eigenvalue weighted by molar-refractivity contribution is 5.44. The number of hydrogen-bond donors (Lipinski definition) is 1. The van der Waals surface area contributed by atoms with Crippen molar-refractivity contribution in [2.75, 3.05) is 13.1 Å². The van der Waals surface area contributed by atoms with Crippen LogP contribution in [0.3, 0.4) is 0 Å². The minimum absolute atomic E-state index is 0.0477. The molecule has 3 unspecified atom stereocenters. The fourth-order valence-corrected chi connectivity index (χ4v) is 3.23. The molecule has 3 atom stereocenters. The summed E-state index contributed by atoms with van der Waals surface area (Å²) in [4.78, 5) is 0. The molecular weight excluding hydrogens is 189 g/mol. The SMILES string of the molecule is Cc1cc2c(cc1F)C(C)C1CNCC21. The smallest absolute Gasteiger partial charge is 0.126 e. The summed E-state index contributed by atoms with van der Waals surface area (Å²) >= 11 is 0. The Labute approximate surface area is 89.7 Å². The summed E-state index contributed by atoms with van der Waals surface area (Å²) in [6, 6.07) is 3.81. The summed E-state index contributed by atoms with van der Waals surface area (Å²) in [5.41, 5.74) is 3.42. The first-order valence-corrected chi connectivity index (χ1v) is 5.69. The van der Waals surface area contributed by atoms with Crippen LogP contribution in [0, 0.1) is 18.7 Å². The Balaban J connectivity index is 2.15. The second kappa shape index (κ2) is 3.05. The van der Waals surface area contributed by atoms with E-state index in [4.69, 9.17) is 0 Å². The number of benzene rings is 1. The lowest BCUT2D eigenvalue weighted by molar-refractivity contribution is 0.486. The first kappa shape index (κ1) is 9.34. The van der Waals surface area contributed by atoms with Crippen LogP contribution < -0.4 is 5.32 Å². The lowest BCUT2D eigenvalue weighted by Gasteiger charge is -2.12. The number of hydrogen-bond acceptors (Lipinski definition) is 1. The Morgan fingerprint density at radius 1 is 1.27 bits per heavy atom. The fourth-order valence-electron chi connectivity index (χ4n) is 3.23. The van der Waals surface area contributed by atoms with Crippen LogP contribution in [0.5, 0.6) is 0 Å². The molecule has 1 fully saturated rings. The maximum Gasteiger partial charge on any atom is 0.126 e. The van der Waals surface area contributed by atoms with Crippen molar-refractivity contribution in [1.29, 1.82) is 0 Å². The molecule has 1 saturated heterocycles. The lowest BCUT2D eigenvalue weighted by Crippen LogP contribution is -2.12. The number of fused-ring (bicyclic) bond motifs is 3. The van der Waals surface area contributed by atoms with Crippen LogP contribution >= 0.6 is 0 Å². The van der Waals surface area contributed by atoms with Gasteiger partial charge in [-0.15, -0.1) is 0 Å². The predicted octanol–water partition coefficient (Wildman–Crippen LogP) is 2.55. The summed E-state index contributed by atoms with van der Waals surface area (Å²) in [5.74, 6) is 1.76. The molecule has 1 aromatic rings. The molecule has 1 heterocycles. The van der Waals surface area contributed by atoms with Gasteiger partial charge in [0.2, 0.25) is 0 Å². The van der Waals surface area contributed by atoms with Gasteiger partial charge in [-0.2, -0.15) is 0 Å². The molecule has 1 aliphatic carbocycles. The Hall–Kier alpha value is -0.890. The second-order valence-electron chi connectivity index (χ2n) is 4.95. The van der Waals surface area contributed by atoms with Crippen LogP contribution in [-0.2, 0) is 0 Å². The molecule has 0 amide bonds. The van der Waals surface area contributed by atoms with Gasteiger partial charge >= 0.3 is 0 Å². The van der Waals surface area contributed by atoms with Gasteiger partial charge in [0, 0.05) is 12.5 Å². The van der Waals surface area contributed by atoms with Gasteiger partial charge in [0.25, 0.3) is 0 Å². The second-order valence-corrected chi connectivity index (χ2v) is 4.95. The van der Waals surface area contributed by atoms with Gasteiger partial charge in [-0.25, -0.2) is 4.39 Å². The monoisotopic (exact) mass is 205 g/mol. The average molecular weight is 205 g/mol. The van der Waals surface area contributed by atoms with Crippen molar-refractivity contribution in [2.45, 2.75) is 25.7 Å². The van der Waals surface area contributed by atoms with Gasteiger partial charge in [-0.1, -0.05) is 13.0 Å². The first-order valence-electron chi connectivity index (χ1n) is 5.69. The molecule has 0 aromatic heterocycles. The molecule has 0 spiro atoms. The molecular formula is C13H16FN. The van der Waals surface area contributed by atoms with Crippen molar-refractivity contribution in [2.24, 2.45) is 5.92 Å². The maximum absolute atomic E-state index is 13.5. The molecule has 1 nitrogen and oxygen atoms in total. The van der Waals surface area contributed by atoms with Crippen LogP contribution in [0.25, 0.3) is 0 Å². The van der Waals surface area contributed by atoms with Crippen molar-refractivity contribution in [3.05, 3.63) is 34.6 Å². The zero-order valence-corrected chi connectivity index (χ0v) is 9.18. The zero-order chi connectivity index (χ0) is 10.6. The van der Waals surface area contributed by atoms with Crippen molar-refractivity contribution < 1.29 is 4.39 Å². The van der Waals surface area contributed by atoms with Gasteiger partial charge in [0.1, 0.15) is 5.82 Å². The molecule has 0 bridgehead atoms. The number of aryl methyl sites for hydroxylation is 1. The van der Waals surface area contributed by atoms with Crippen LogP contribution in [0.1, 0.15) is 35.4 Å². The molecule has 80 valence electrons. The Morgan fingerprint density at radius 3 is 2.87 bits per heavy atom. The summed E-state index contributed by atoms with van der Waals surface area (Å²) in [5, 5.41) is 3.44. The number of nitrogens with one attached hydrogen (secondary N) is 1. The Kier molecular flexibility index (Phi) is 1.90. The molecule has 2 heteroatoms. The van der Waals surface area contributed by atoms with Crippen molar-refractivity contribution in [3.8, 4) is 0 Å². The normalized spacial score (nSPS) is 32.9. The van der Waals surface area contributed by atoms with Crippen molar-refractivity contribution >= 4 is 0 Å². The highest BCUT2D eigenvalue weighted by Crippen LogP contribution is 2.48. The summed E-state index contributed by atoms with van der Waals surface area (Å²) in [6.45, 7) is 6.23. The Bertz CT molecular complexity index is 413. The van der Waals surface area contributed by atoms with Crippen molar-refractivity contribution in [1.82, 2.24) is 5.32 Å². The third kappa shape index (κ3) is 1.18. The standard InChI is InChI=1S/C13H16FN/c1-7-3-10-9(4-13(7)14)8(2)11-5-15-6-12(10)11/h3-4,8,11-12,15H,5-6H2,1-2H3. The third-order valence-corrected chi connectivity index (χ3v) is 4.16. The van der Waals surface area contributed by atoms with Gasteiger partial charge in [-0.05, 0) is 48.1 Å². The van der Waals surface area contributed by atoms with Crippen LogP contribution in [-0.4, -0.2) is 13.1 Å². The predicted molar refractivity (Wildman–Crippen MR) is 58.7 cm³/mol. The maximum atomic E-state index is 13.5. The molecule has 2 aliphatic rings. The van der Waals surface area contributed by atoms with Gasteiger partial charge in [-0.3, -0.25) is 0 Å². The average Bonchev–Trinajstić information content (AvgIpc) is 2.75. The molecule has 0 radical (unpaired) electrons. The van der Waals surface area contributed by atoms with Crippen LogP contribution in [0.4, 0.5) is 4.39 Å². The molecule has 15 heavy (non-hydrogen) atoms.